The third-order valence-corrected chi connectivity index (χ3v) is 9.27. The van der Waals surface area contributed by atoms with Crippen LogP contribution in [-0.4, -0.2) is 50.1 Å². The van der Waals surface area contributed by atoms with Crippen molar-refractivity contribution >= 4 is 23.2 Å². The van der Waals surface area contributed by atoms with Gasteiger partial charge >= 0.3 is 0 Å². The topological polar surface area (TPSA) is 94.8 Å². The van der Waals surface area contributed by atoms with Gasteiger partial charge in [-0.1, -0.05) is 32.6 Å². The maximum absolute atomic E-state index is 12.5. The molecule has 4 aliphatic rings. The van der Waals surface area contributed by atoms with Gasteiger partial charge in [0.15, 0.2) is 17.2 Å². The van der Waals surface area contributed by atoms with Crippen molar-refractivity contribution in [2.75, 3.05) is 6.61 Å². The van der Waals surface area contributed by atoms with Crippen LogP contribution in [0.3, 0.4) is 0 Å². The first-order valence-electron chi connectivity index (χ1n) is 9.82. The number of aliphatic hydroxyl groups excluding tert-OH is 2. The number of Topliss-reactive ketones (excluding diaryl/α,β-unsaturated/α-hetero) is 1. The van der Waals surface area contributed by atoms with Crippen molar-refractivity contribution in [3.05, 3.63) is 36.0 Å². The molecule has 2 saturated carbocycles. The lowest BCUT2D eigenvalue weighted by molar-refractivity contribution is -0.165. The summed E-state index contributed by atoms with van der Waals surface area (Å²) in [6.07, 6.45) is 5.89. The molecule has 0 heterocycles. The fraction of sp³-hybridized carbons (Fsp3) is 0.636. The number of hydrogen-bond donors (Lipinski definition) is 3. The molecule has 28 heavy (non-hydrogen) atoms. The first-order valence-corrected chi connectivity index (χ1v) is 10.2. The highest BCUT2D eigenvalue weighted by molar-refractivity contribution is 6.26. The van der Waals surface area contributed by atoms with Gasteiger partial charge < -0.3 is 15.3 Å². The van der Waals surface area contributed by atoms with Crippen molar-refractivity contribution in [3.8, 4) is 0 Å². The summed E-state index contributed by atoms with van der Waals surface area (Å²) in [6, 6.07) is 0. The fourth-order valence-corrected chi connectivity index (χ4v) is 7.12. The van der Waals surface area contributed by atoms with Crippen LogP contribution in [0.4, 0.5) is 0 Å². The van der Waals surface area contributed by atoms with Gasteiger partial charge in [0, 0.05) is 23.2 Å². The van der Waals surface area contributed by atoms with Gasteiger partial charge in [-0.05, 0) is 42.4 Å². The molecule has 0 aromatic rings. The summed E-state index contributed by atoms with van der Waals surface area (Å²) < 4.78 is 0. The minimum absolute atomic E-state index is 0.0585. The number of alkyl halides is 1. The molecule has 0 aromatic heterocycles. The van der Waals surface area contributed by atoms with Gasteiger partial charge in [-0.3, -0.25) is 9.59 Å². The predicted molar refractivity (Wildman–Crippen MR) is 105 cm³/mol. The quantitative estimate of drug-likeness (QED) is 0.482. The first-order chi connectivity index (χ1) is 13.0. The van der Waals surface area contributed by atoms with Gasteiger partial charge in [0.1, 0.15) is 6.61 Å². The highest BCUT2D eigenvalue weighted by atomic mass is 35.5. The van der Waals surface area contributed by atoms with Crippen LogP contribution in [-0.2, 0) is 9.59 Å². The van der Waals surface area contributed by atoms with E-state index in [-0.39, 0.29) is 24.0 Å². The molecular formula is C22H27ClO5. The zero-order valence-electron chi connectivity index (χ0n) is 16.2. The Balaban J connectivity index is 1.88. The summed E-state index contributed by atoms with van der Waals surface area (Å²) in [5, 5.41) is 32.1. The van der Waals surface area contributed by atoms with E-state index in [1.165, 1.54) is 0 Å². The number of fused-ring (bicyclic) bond motifs is 5. The number of allylic oxidation sites excluding steroid dienone is 4. The number of ketones is 2. The molecule has 5 nitrogen and oxygen atoms in total. The third-order valence-electron chi connectivity index (χ3n) is 8.34. The molecule has 0 saturated heterocycles. The van der Waals surface area contributed by atoms with Crippen LogP contribution in [0.5, 0.6) is 0 Å². The number of aliphatic hydroxyl groups is 3. The fourth-order valence-electron chi connectivity index (χ4n) is 6.61. The minimum Gasteiger partial charge on any atom is -0.391 e. The highest BCUT2D eigenvalue weighted by Gasteiger charge is 2.73. The molecular weight excluding hydrogens is 380 g/mol. The second-order valence-electron chi connectivity index (χ2n) is 9.39. The Bertz CT molecular complexity index is 846. The Morgan fingerprint density at radius 3 is 2.71 bits per heavy atom. The zero-order chi connectivity index (χ0) is 20.7. The summed E-state index contributed by atoms with van der Waals surface area (Å²) in [4.78, 5) is 23.4. The van der Waals surface area contributed by atoms with Crippen LogP contribution < -0.4 is 0 Å². The SMILES string of the molecule is C=C1C[C@H]2[C@@H]3C=CC4=CC(=O)CC[C@]4(C)[C@@]3(Cl)C(O)C[C@]2(C)[C@@]1(O)C(=O)CO. The number of carbonyl (C=O) groups excluding carboxylic acids is 2. The third kappa shape index (κ3) is 2.03. The minimum atomic E-state index is -1.89. The lowest BCUT2D eigenvalue weighted by Crippen LogP contribution is -2.68. The largest absolute Gasteiger partial charge is 0.391 e. The van der Waals surface area contributed by atoms with E-state index < -0.39 is 39.8 Å². The zero-order valence-corrected chi connectivity index (χ0v) is 17.0. The molecule has 0 aliphatic heterocycles. The average molecular weight is 407 g/mol. The lowest BCUT2D eigenvalue weighted by atomic mass is 9.46. The van der Waals surface area contributed by atoms with E-state index in [2.05, 4.69) is 6.58 Å². The smallest absolute Gasteiger partial charge is 0.194 e. The van der Waals surface area contributed by atoms with Crippen molar-refractivity contribution in [1.29, 1.82) is 0 Å². The number of halogens is 1. The summed E-state index contributed by atoms with van der Waals surface area (Å²) in [5.41, 5.74) is -2.27. The summed E-state index contributed by atoms with van der Waals surface area (Å²) in [7, 11) is 0. The molecule has 2 fully saturated rings. The van der Waals surface area contributed by atoms with Crippen molar-refractivity contribution in [1.82, 2.24) is 0 Å². The summed E-state index contributed by atoms with van der Waals surface area (Å²) >= 11 is 7.27. The van der Waals surface area contributed by atoms with Gasteiger partial charge in [-0.15, -0.1) is 11.6 Å². The standard InChI is InChI=1S/C22H27ClO5/c1-12-8-16-15-5-4-13-9-14(25)6-7-19(13,2)21(15,23)17(26)10-20(16,3)22(12,28)18(27)11-24/h4-5,9,15-17,24,26,28H,1,6-8,10-11H2,2-3H3/t15-,16-,17?,19-,20-,21-,22-/m0/s1. The van der Waals surface area contributed by atoms with E-state index in [0.717, 1.165) is 5.57 Å². The molecule has 0 radical (unpaired) electrons. The van der Waals surface area contributed by atoms with Crippen molar-refractivity contribution in [3.63, 3.8) is 0 Å². The van der Waals surface area contributed by atoms with E-state index in [4.69, 9.17) is 11.6 Å². The second kappa shape index (κ2) is 5.88. The molecule has 0 bridgehead atoms. The summed E-state index contributed by atoms with van der Waals surface area (Å²) in [5.74, 6) is -1.15. The van der Waals surface area contributed by atoms with Gasteiger partial charge in [-0.25, -0.2) is 0 Å². The molecule has 4 aliphatic carbocycles. The molecule has 3 N–H and O–H groups in total. The van der Waals surface area contributed by atoms with Crippen LogP contribution in [0.1, 0.15) is 39.5 Å². The lowest BCUT2D eigenvalue weighted by Gasteiger charge is -2.62. The first kappa shape index (κ1) is 20.0. The van der Waals surface area contributed by atoms with Crippen molar-refractivity contribution in [2.45, 2.75) is 56.1 Å². The average Bonchev–Trinajstić information content (AvgIpc) is 2.84. The number of carbonyl (C=O) groups is 2. The van der Waals surface area contributed by atoms with Crippen molar-refractivity contribution in [2.24, 2.45) is 22.7 Å². The molecule has 152 valence electrons. The van der Waals surface area contributed by atoms with E-state index in [9.17, 15) is 24.9 Å². The number of hydrogen-bond acceptors (Lipinski definition) is 5. The maximum atomic E-state index is 12.5. The molecule has 7 atom stereocenters. The Morgan fingerprint density at radius 1 is 1.39 bits per heavy atom. The Labute approximate surface area is 169 Å². The van der Waals surface area contributed by atoms with Gasteiger partial charge in [0.2, 0.25) is 0 Å². The molecule has 0 aromatic carbocycles. The van der Waals surface area contributed by atoms with Crippen LogP contribution >= 0.6 is 11.6 Å². The highest BCUT2D eigenvalue weighted by Crippen LogP contribution is 2.70. The molecule has 0 amide bonds. The predicted octanol–water partition coefficient (Wildman–Crippen LogP) is 2.09. The van der Waals surface area contributed by atoms with E-state index in [0.29, 0.717) is 24.8 Å². The molecule has 1 unspecified atom stereocenters. The molecule has 0 spiro atoms. The van der Waals surface area contributed by atoms with Gasteiger partial charge in [0.05, 0.1) is 11.0 Å². The van der Waals surface area contributed by atoms with Crippen LogP contribution in [0.2, 0.25) is 0 Å². The van der Waals surface area contributed by atoms with Gasteiger partial charge in [0.25, 0.3) is 0 Å². The number of rotatable bonds is 2. The van der Waals surface area contributed by atoms with E-state index in [1.54, 1.807) is 13.0 Å². The van der Waals surface area contributed by atoms with Crippen molar-refractivity contribution < 1.29 is 24.9 Å². The Hall–Kier alpha value is -1.27. The van der Waals surface area contributed by atoms with Crippen LogP contribution in [0.15, 0.2) is 36.0 Å². The molecule has 6 heteroatoms. The Morgan fingerprint density at radius 2 is 2.07 bits per heavy atom. The second-order valence-corrected chi connectivity index (χ2v) is 10.0. The maximum Gasteiger partial charge on any atom is 0.194 e. The summed E-state index contributed by atoms with van der Waals surface area (Å²) in [6.45, 7) is 6.95. The van der Waals surface area contributed by atoms with Crippen LogP contribution in [0, 0.1) is 22.7 Å². The Kier molecular flexibility index (Phi) is 4.20. The normalized spacial score (nSPS) is 49.9. The van der Waals surface area contributed by atoms with E-state index >= 15 is 0 Å². The monoisotopic (exact) mass is 406 g/mol. The van der Waals surface area contributed by atoms with Crippen LogP contribution in [0.25, 0.3) is 0 Å². The van der Waals surface area contributed by atoms with Gasteiger partial charge in [-0.2, -0.15) is 0 Å². The van der Waals surface area contributed by atoms with E-state index in [1.807, 2.05) is 19.1 Å². The molecule has 4 rings (SSSR count).